The third-order valence-corrected chi connectivity index (χ3v) is 4.00. The van der Waals surface area contributed by atoms with E-state index in [-0.39, 0.29) is 16.9 Å². The van der Waals surface area contributed by atoms with Gasteiger partial charge < -0.3 is 10.1 Å². The number of carbonyl (C=O) groups excluding carboxylic acids is 1. The molecule has 1 unspecified atom stereocenters. The van der Waals surface area contributed by atoms with E-state index >= 15 is 0 Å². The molecule has 1 saturated heterocycles. The van der Waals surface area contributed by atoms with Crippen LogP contribution >= 0.6 is 0 Å². The molecule has 1 aliphatic carbocycles. The lowest BCUT2D eigenvalue weighted by atomic mass is 9.66. The summed E-state index contributed by atoms with van der Waals surface area (Å²) in [5, 5.41) is 2.92. The summed E-state index contributed by atoms with van der Waals surface area (Å²) in [6, 6.07) is 0. The number of amides is 1. The monoisotopic (exact) mass is 223 g/mol. The van der Waals surface area contributed by atoms with Crippen LogP contribution in [0, 0.1) is 5.41 Å². The van der Waals surface area contributed by atoms with Crippen LogP contribution in [0.25, 0.3) is 0 Å². The fourth-order valence-corrected chi connectivity index (χ4v) is 2.85. The molecule has 0 radical (unpaired) electrons. The van der Waals surface area contributed by atoms with Gasteiger partial charge in [-0.2, -0.15) is 0 Å². The van der Waals surface area contributed by atoms with Crippen molar-refractivity contribution in [1.29, 1.82) is 0 Å². The third-order valence-electron chi connectivity index (χ3n) is 4.00. The minimum atomic E-state index is -0.0737. The minimum absolute atomic E-state index is 0.0737. The Morgan fingerprint density at radius 1 is 1.50 bits per heavy atom. The van der Waals surface area contributed by atoms with Crippen LogP contribution in [0.4, 0.5) is 0 Å². The molecule has 3 heteroatoms. The van der Waals surface area contributed by atoms with Crippen LogP contribution in [-0.4, -0.2) is 24.7 Å². The summed E-state index contributed by atoms with van der Waals surface area (Å²) in [4.78, 5) is 11.2. The van der Waals surface area contributed by atoms with Gasteiger partial charge in [-0.15, -0.1) is 0 Å². The summed E-state index contributed by atoms with van der Waals surface area (Å²) in [5.41, 5.74) is 0.337. The molecule has 3 nitrogen and oxygen atoms in total. The van der Waals surface area contributed by atoms with Crippen molar-refractivity contribution in [2.24, 2.45) is 5.41 Å². The van der Waals surface area contributed by atoms with E-state index in [9.17, 15) is 4.79 Å². The fourth-order valence-electron chi connectivity index (χ4n) is 2.85. The molecule has 2 fully saturated rings. The Bertz CT molecular complexity index is 296. The zero-order valence-electron chi connectivity index (χ0n) is 10.1. The molecule has 1 aliphatic heterocycles. The van der Waals surface area contributed by atoms with Crippen LogP contribution in [0.2, 0.25) is 0 Å². The summed E-state index contributed by atoms with van der Waals surface area (Å²) in [6.07, 6.45) is 7.12. The Hall–Kier alpha value is -0.830. The maximum atomic E-state index is 11.2. The molecule has 90 valence electrons. The predicted octanol–water partition coefficient (Wildman–Crippen LogP) is 2.03. The van der Waals surface area contributed by atoms with E-state index in [2.05, 4.69) is 18.8 Å². The van der Waals surface area contributed by atoms with Gasteiger partial charge >= 0.3 is 0 Å². The van der Waals surface area contributed by atoms with E-state index in [1.807, 2.05) is 0 Å². The standard InChI is InChI=1S/C13H21NO2/c1-3-11(15)14-10-12(2)7-8-16-13(9-12)5-4-6-13/h3H,1,4-10H2,2H3,(H,14,15). The first-order valence-corrected chi connectivity index (χ1v) is 6.12. The molecule has 2 rings (SSSR count). The molecule has 0 bridgehead atoms. The normalized spacial score (nSPS) is 31.8. The summed E-state index contributed by atoms with van der Waals surface area (Å²) >= 11 is 0. The van der Waals surface area contributed by atoms with Gasteiger partial charge in [0.1, 0.15) is 0 Å². The second kappa shape index (κ2) is 4.21. The molecule has 0 aromatic carbocycles. The first-order valence-electron chi connectivity index (χ1n) is 6.12. The van der Waals surface area contributed by atoms with Crippen molar-refractivity contribution in [2.75, 3.05) is 13.2 Å². The number of hydrogen-bond acceptors (Lipinski definition) is 2. The van der Waals surface area contributed by atoms with Crippen molar-refractivity contribution < 1.29 is 9.53 Å². The quantitative estimate of drug-likeness (QED) is 0.743. The Kier molecular flexibility index (Phi) is 3.06. The van der Waals surface area contributed by atoms with Crippen molar-refractivity contribution in [3.05, 3.63) is 12.7 Å². The maximum absolute atomic E-state index is 11.2. The highest BCUT2D eigenvalue weighted by atomic mass is 16.5. The Morgan fingerprint density at radius 2 is 2.25 bits per heavy atom. The van der Waals surface area contributed by atoms with Crippen LogP contribution < -0.4 is 5.32 Å². The number of hydrogen-bond donors (Lipinski definition) is 1. The van der Waals surface area contributed by atoms with Crippen molar-refractivity contribution >= 4 is 5.91 Å². The van der Waals surface area contributed by atoms with Gasteiger partial charge in [0.15, 0.2) is 0 Å². The van der Waals surface area contributed by atoms with E-state index < -0.39 is 0 Å². The lowest BCUT2D eigenvalue weighted by Crippen LogP contribution is -2.51. The molecule has 16 heavy (non-hydrogen) atoms. The fraction of sp³-hybridized carbons (Fsp3) is 0.769. The molecular weight excluding hydrogens is 202 g/mol. The van der Waals surface area contributed by atoms with Crippen molar-refractivity contribution in [3.8, 4) is 0 Å². The Labute approximate surface area is 97.2 Å². The average Bonchev–Trinajstić information content (AvgIpc) is 2.24. The van der Waals surface area contributed by atoms with Gasteiger partial charge in [0.2, 0.25) is 5.91 Å². The van der Waals surface area contributed by atoms with Gasteiger partial charge in [0.25, 0.3) is 0 Å². The lowest BCUT2D eigenvalue weighted by molar-refractivity contribution is -0.163. The number of nitrogens with one attached hydrogen (secondary N) is 1. The smallest absolute Gasteiger partial charge is 0.243 e. The van der Waals surface area contributed by atoms with Gasteiger partial charge in [-0.25, -0.2) is 0 Å². The van der Waals surface area contributed by atoms with Crippen molar-refractivity contribution in [3.63, 3.8) is 0 Å². The second-order valence-corrected chi connectivity index (χ2v) is 5.54. The Morgan fingerprint density at radius 3 is 2.81 bits per heavy atom. The highest BCUT2D eigenvalue weighted by Crippen LogP contribution is 2.48. The highest BCUT2D eigenvalue weighted by Gasteiger charge is 2.46. The molecule has 2 aliphatic rings. The molecule has 1 saturated carbocycles. The van der Waals surface area contributed by atoms with Gasteiger partial charge in [0, 0.05) is 13.2 Å². The van der Waals surface area contributed by atoms with E-state index in [1.54, 1.807) is 0 Å². The van der Waals surface area contributed by atoms with E-state index in [1.165, 1.54) is 25.3 Å². The minimum Gasteiger partial charge on any atom is -0.375 e. The first kappa shape index (κ1) is 11.6. The van der Waals surface area contributed by atoms with Crippen LogP contribution in [0.15, 0.2) is 12.7 Å². The van der Waals surface area contributed by atoms with Gasteiger partial charge in [-0.1, -0.05) is 13.5 Å². The largest absolute Gasteiger partial charge is 0.375 e. The molecular formula is C13H21NO2. The molecule has 0 aromatic heterocycles. The van der Waals surface area contributed by atoms with Gasteiger partial charge in [-0.05, 0) is 43.6 Å². The molecule has 1 heterocycles. The van der Waals surface area contributed by atoms with E-state index in [4.69, 9.17) is 4.74 Å². The van der Waals surface area contributed by atoms with Gasteiger partial charge in [0.05, 0.1) is 5.60 Å². The summed E-state index contributed by atoms with van der Waals surface area (Å²) < 4.78 is 5.90. The molecule has 1 spiro atoms. The van der Waals surface area contributed by atoms with Crippen LogP contribution in [-0.2, 0) is 9.53 Å². The predicted molar refractivity (Wildman–Crippen MR) is 63.1 cm³/mol. The molecule has 1 amide bonds. The third kappa shape index (κ3) is 2.29. The average molecular weight is 223 g/mol. The first-order chi connectivity index (χ1) is 7.58. The topological polar surface area (TPSA) is 38.3 Å². The number of carbonyl (C=O) groups is 1. The maximum Gasteiger partial charge on any atom is 0.243 e. The summed E-state index contributed by atoms with van der Waals surface area (Å²) in [6.45, 7) is 7.29. The van der Waals surface area contributed by atoms with Gasteiger partial charge in [-0.3, -0.25) is 4.79 Å². The van der Waals surface area contributed by atoms with E-state index in [0.717, 1.165) is 26.0 Å². The van der Waals surface area contributed by atoms with Crippen LogP contribution in [0.1, 0.15) is 39.0 Å². The summed E-state index contributed by atoms with van der Waals surface area (Å²) in [7, 11) is 0. The molecule has 1 atom stereocenters. The number of rotatable bonds is 3. The second-order valence-electron chi connectivity index (χ2n) is 5.54. The molecule has 0 aromatic rings. The van der Waals surface area contributed by atoms with Crippen molar-refractivity contribution in [1.82, 2.24) is 5.32 Å². The SMILES string of the molecule is C=CC(=O)NCC1(C)CCOC2(CCC2)C1. The Balaban J connectivity index is 1.90. The molecule has 1 N–H and O–H groups in total. The van der Waals surface area contributed by atoms with E-state index in [0.29, 0.717) is 0 Å². The van der Waals surface area contributed by atoms with Crippen molar-refractivity contribution in [2.45, 2.75) is 44.6 Å². The van der Waals surface area contributed by atoms with Crippen LogP contribution in [0.3, 0.4) is 0 Å². The summed E-state index contributed by atoms with van der Waals surface area (Å²) in [5.74, 6) is -0.0737. The lowest BCUT2D eigenvalue weighted by Gasteiger charge is -2.51. The highest BCUT2D eigenvalue weighted by molar-refractivity contribution is 5.86. The van der Waals surface area contributed by atoms with Crippen LogP contribution in [0.5, 0.6) is 0 Å². The number of ether oxygens (including phenoxy) is 1. The zero-order chi connectivity index (χ0) is 11.6. The zero-order valence-corrected chi connectivity index (χ0v) is 10.1.